The second-order valence-electron chi connectivity index (χ2n) is 3.67. The van der Waals surface area contributed by atoms with Crippen molar-refractivity contribution < 1.29 is 0 Å². The van der Waals surface area contributed by atoms with E-state index in [0.29, 0.717) is 6.04 Å². The van der Waals surface area contributed by atoms with Crippen molar-refractivity contribution in [1.82, 2.24) is 20.5 Å². The summed E-state index contributed by atoms with van der Waals surface area (Å²) in [7, 11) is 0. The van der Waals surface area contributed by atoms with Gasteiger partial charge in [-0.05, 0) is 25.2 Å². The van der Waals surface area contributed by atoms with Crippen molar-refractivity contribution in [3.8, 4) is 0 Å². The van der Waals surface area contributed by atoms with Gasteiger partial charge >= 0.3 is 0 Å². The fourth-order valence-electron chi connectivity index (χ4n) is 1.69. The predicted octanol–water partition coefficient (Wildman–Crippen LogP) is 1.08. The molecule has 0 radical (unpaired) electrons. The third-order valence-electron chi connectivity index (χ3n) is 2.63. The lowest BCUT2D eigenvalue weighted by molar-refractivity contribution is 0.443. The third kappa shape index (κ3) is 2.28. The standard InChI is InChI=1S/C9H16N4/c1-2-8(7-3-4-7)10-5-9-11-6-12-13-9/h6-8,10H,2-5H2,1H3,(H,11,12,13). The molecular weight excluding hydrogens is 164 g/mol. The van der Waals surface area contributed by atoms with Crippen LogP contribution < -0.4 is 5.32 Å². The van der Waals surface area contributed by atoms with E-state index in [0.717, 1.165) is 18.3 Å². The van der Waals surface area contributed by atoms with Gasteiger partial charge in [0, 0.05) is 6.04 Å². The van der Waals surface area contributed by atoms with Gasteiger partial charge in [0.15, 0.2) is 0 Å². The van der Waals surface area contributed by atoms with Crippen LogP contribution in [-0.4, -0.2) is 21.2 Å². The van der Waals surface area contributed by atoms with Gasteiger partial charge in [-0.3, -0.25) is 5.10 Å². The average molecular weight is 180 g/mol. The van der Waals surface area contributed by atoms with Crippen molar-refractivity contribution in [2.45, 2.75) is 38.8 Å². The van der Waals surface area contributed by atoms with Gasteiger partial charge in [0.05, 0.1) is 6.54 Å². The molecule has 0 aliphatic heterocycles. The number of rotatable bonds is 5. The molecule has 72 valence electrons. The quantitative estimate of drug-likeness (QED) is 0.713. The molecule has 2 rings (SSSR count). The average Bonchev–Trinajstić information content (AvgIpc) is 2.84. The van der Waals surface area contributed by atoms with Gasteiger partial charge in [0.25, 0.3) is 0 Å². The van der Waals surface area contributed by atoms with E-state index in [9.17, 15) is 0 Å². The number of hydrogen-bond acceptors (Lipinski definition) is 3. The van der Waals surface area contributed by atoms with Crippen molar-refractivity contribution in [3.63, 3.8) is 0 Å². The molecule has 0 amide bonds. The summed E-state index contributed by atoms with van der Waals surface area (Å²) in [5.41, 5.74) is 0. The highest BCUT2D eigenvalue weighted by Gasteiger charge is 2.29. The van der Waals surface area contributed by atoms with Gasteiger partial charge in [0.2, 0.25) is 0 Å². The molecule has 1 aromatic heterocycles. The molecule has 1 aliphatic carbocycles. The topological polar surface area (TPSA) is 53.6 Å². The van der Waals surface area contributed by atoms with Gasteiger partial charge in [-0.25, -0.2) is 4.98 Å². The molecule has 4 nitrogen and oxygen atoms in total. The first-order valence-corrected chi connectivity index (χ1v) is 4.97. The van der Waals surface area contributed by atoms with E-state index in [1.54, 1.807) is 6.33 Å². The first-order valence-electron chi connectivity index (χ1n) is 4.97. The van der Waals surface area contributed by atoms with E-state index in [-0.39, 0.29) is 0 Å². The van der Waals surface area contributed by atoms with Crippen molar-refractivity contribution in [1.29, 1.82) is 0 Å². The molecule has 0 bridgehead atoms. The minimum Gasteiger partial charge on any atom is -0.307 e. The highest BCUT2D eigenvalue weighted by atomic mass is 15.2. The Balaban J connectivity index is 1.77. The summed E-state index contributed by atoms with van der Waals surface area (Å²) in [6.45, 7) is 3.05. The number of nitrogens with one attached hydrogen (secondary N) is 2. The Morgan fingerprint density at radius 2 is 2.54 bits per heavy atom. The molecule has 1 atom stereocenters. The zero-order valence-electron chi connectivity index (χ0n) is 7.95. The van der Waals surface area contributed by atoms with E-state index < -0.39 is 0 Å². The largest absolute Gasteiger partial charge is 0.307 e. The van der Waals surface area contributed by atoms with Gasteiger partial charge in [-0.2, -0.15) is 5.10 Å². The Hall–Kier alpha value is -0.900. The lowest BCUT2D eigenvalue weighted by Crippen LogP contribution is -2.30. The summed E-state index contributed by atoms with van der Waals surface area (Å²) in [4.78, 5) is 4.07. The van der Waals surface area contributed by atoms with Gasteiger partial charge < -0.3 is 5.32 Å². The molecule has 0 aromatic carbocycles. The van der Waals surface area contributed by atoms with Crippen LogP contribution >= 0.6 is 0 Å². The maximum absolute atomic E-state index is 4.07. The van der Waals surface area contributed by atoms with Crippen molar-refractivity contribution >= 4 is 0 Å². The molecule has 4 heteroatoms. The summed E-state index contributed by atoms with van der Waals surface area (Å²) >= 11 is 0. The Bertz CT molecular complexity index is 240. The monoisotopic (exact) mass is 180 g/mol. The molecule has 1 fully saturated rings. The van der Waals surface area contributed by atoms with E-state index in [2.05, 4.69) is 27.4 Å². The SMILES string of the molecule is CCC(NCc1ncn[nH]1)C1CC1. The predicted molar refractivity (Wildman–Crippen MR) is 50.0 cm³/mol. The second kappa shape index (κ2) is 3.87. The van der Waals surface area contributed by atoms with E-state index in [4.69, 9.17) is 0 Å². The van der Waals surface area contributed by atoms with Crippen LogP contribution in [0.3, 0.4) is 0 Å². The Kier molecular flexibility index (Phi) is 2.59. The third-order valence-corrected chi connectivity index (χ3v) is 2.63. The summed E-state index contributed by atoms with van der Waals surface area (Å²) in [5.74, 6) is 1.84. The first kappa shape index (κ1) is 8.69. The molecule has 1 unspecified atom stereocenters. The molecule has 1 heterocycles. The normalized spacial score (nSPS) is 18.8. The van der Waals surface area contributed by atoms with Gasteiger partial charge in [0.1, 0.15) is 12.2 Å². The first-order chi connectivity index (χ1) is 6.40. The van der Waals surface area contributed by atoms with E-state index in [1.165, 1.54) is 19.3 Å². The van der Waals surface area contributed by atoms with Crippen LogP contribution in [0.2, 0.25) is 0 Å². The molecule has 2 N–H and O–H groups in total. The second-order valence-corrected chi connectivity index (χ2v) is 3.67. The van der Waals surface area contributed by atoms with Crippen LogP contribution in [0.5, 0.6) is 0 Å². The highest BCUT2D eigenvalue weighted by molar-refractivity contribution is 4.88. The zero-order chi connectivity index (χ0) is 9.10. The number of hydrogen-bond donors (Lipinski definition) is 2. The summed E-state index contributed by atoms with van der Waals surface area (Å²) < 4.78 is 0. The minimum absolute atomic E-state index is 0.671. The lowest BCUT2D eigenvalue weighted by atomic mass is 10.1. The van der Waals surface area contributed by atoms with Crippen LogP contribution in [0.25, 0.3) is 0 Å². The Labute approximate surface area is 78.1 Å². The molecular formula is C9H16N4. The molecule has 1 saturated carbocycles. The van der Waals surface area contributed by atoms with E-state index in [1.807, 2.05) is 0 Å². The van der Waals surface area contributed by atoms with Crippen molar-refractivity contribution in [2.24, 2.45) is 5.92 Å². The van der Waals surface area contributed by atoms with Crippen molar-refractivity contribution in [3.05, 3.63) is 12.2 Å². The molecule has 0 spiro atoms. The fourth-order valence-corrected chi connectivity index (χ4v) is 1.69. The number of aromatic amines is 1. The van der Waals surface area contributed by atoms with Gasteiger partial charge in [-0.1, -0.05) is 6.92 Å². The summed E-state index contributed by atoms with van der Waals surface area (Å²) in [6, 6.07) is 0.671. The van der Waals surface area contributed by atoms with Crippen LogP contribution in [0, 0.1) is 5.92 Å². The maximum atomic E-state index is 4.07. The molecule has 0 saturated heterocycles. The molecule has 13 heavy (non-hydrogen) atoms. The molecule has 1 aliphatic rings. The van der Waals surface area contributed by atoms with E-state index >= 15 is 0 Å². The Morgan fingerprint density at radius 1 is 1.69 bits per heavy atom. The smallest absolute Gasteiger partial charge is 0.138 e. The van der Waals surface area contributed by atoms with Crippen LogP contribution in [-0.2, 0) is 6.54 Å². The fraction of sp³-hybridized carbons (Fsp3) is 0.778. The summed E-state index contributed by atoms with van der Waals surface area (Å²) in [6.07, 6.45) is 5.54. The van der Waals surface area contributed by atoms with Crippen LogP contribution in [0.15, 0.2) is 6.33 Å². The summed E-state index contributed by atoms with van der Waals surface area (Å²) in [5, 5.41) is 10.2. The zero-order valence-corrected chi connectivity index (χ0v) is 7.95. The molecule has 1 aromatic rings. The maximum Gasteiger partial charge on any atom is 0.138 e. The van der Waals surface area contributed by atoms with Gasteiger partial charge in [-0.15, -0.1) is 0 Å². The van der Waals surface area contributed by atoms with Crippen LogP contribution in [0.4, 0.5) is 0 Å². The highest BCUT2D eigenvalue weighted by Crippen LogP contribution is 2.33. The number of aromatic nitrogens is 3. The van der Waals surface area contributed by atoms with Crippen LogP contribution in [0.1, 0.15) is 32.0 Å². The number of H-pyrrole nitrogens is 1. The number of nitrogens with zero attached hydrogens (tertiary/aromatic N) is 2. The Morgan fingerprint density at radius 3 is 3.08 bits per heavy atom. The lowest BCUT2D eigenvalue weighted by Gasteiger charge is -2.14. The minimum atomic E-state index is 0.671. The van der Waals surface area contributed by atoms with Crippen molar-refractivity contribution in [2.75, 3.05) is 0 Å².